The van der Waals surface area contributed by atoms with Gasteiger partial charge >= 0.3 is 0 Å². The summed E-state index contributed by atoms with van der Waals surface area (Å²) in [5.41, 5.74) is 5.22. The van der Waals surface area contributed by atoms with E-state index in [9.17, 15) is 12.8 Å². The SMILES string of the molecule is NC(=S)c1cc(S(=O)(=O)NCCc2ncno2)ccc1F. The maximum atomic E-state index is 13.4. The van der Waals surface area contributed by atoms with E-state index < -0.39 is 15.8 Å². The fourth-order valence-corrected chi connectivity index (χ4v) is 2.76. The molecule has 0 fully saturated rings. The number of nitrogens with one attached hydrogen (secondary N) is 1. The van der Waals surface area contributed by atoms with E-state index in [-0.39, 0.29) is 28.4 Å². The second kappa shape index (κ2) is 6.24. The summed E-state index contributed by atoms with van der Waals surface area (Å²) >= 11 is 4.67. The molecule has 3 N–H and O–H groups in total. The Kier molecular flexibility index (Phi) is 4.60. The minimum atomic E-state index is -3.81. The summed E-state index contributed by atoms with van der Waals surface area (Å²) < 4.78 is 44.6. The third-order valence-electron chi connectivity index (χ3n) is 2.55. The highest BCUT2D eigenvalue weighted by Gasteiger charge is 2.17. The number of thiocarbonyl (C=S) groups is 1. The first kappa shape index (κ1) is 15.5. The molecule has 112 valence electrons. The molecular formula is C11H11FN4O3S2. The van der Waals surface area contributed by atoms with Crippen molar-refractivity contribution in [3.63, 3.8) is 0 Å². The van der Waals surface area contributed by atoms with Crippen LogP contribution in [0.4, 0.5) is 4.39 Å². The molecule has 7 nitrogen and oxygen atoms in total. The summed E-state index contributed by atoms with van der Waals surface area (Å²) in [6, 6.07) is 3.22. The maximum absolute atomic E-state index is 13.4. The molecule has 0 amide bonds. The van der Waals surface area contributed by atoms with Gasteiger partial charge in [-0.05, 0) is 18.2 Å². The van der Waals surface area contributed by atoms with E-state index in [0.717, 1.165) is 18.2 Å². The largest absolute Gasteiger partial charge is 0.389 e. The molecule has 1 heterocycles. The van der Waals surface area contributed by atoms with E-state index in [1.807, 2.05) is 0 Å². The van der Waals surface area contributed by atoms with Crippen LogP contribution in [0.3, 0.4) is 0 Å². The number of hydrogen-bond acceptors (Lipinski definition) is 6. The van der Waals surface area contributed by atoms with Crippen LogP contribution in [0, 0.1) is 5.82 Å². The van der Waals surface area contributed by atoms with Crippen molar-refractivity contribution in [3.8, 4) is 0 Å². The highest BCUT2D eigenvalue weighted by molar-refractivity contribution is 7.89. The minimum absolute atomic E-state index is 0.0598. The molecule has 0 radical (unpaired) electrons. The summed E-state index contributed by atoms with van der Waals surface area (Å²) in [5, 5.41) is 3.40. The van der Waals surface area contributed by atoms with E-state index in [2.05, 4.69) is 27.1 Å². The molecule has 0 aliphatic heterocycles. The quantitative estimate of drug-likeness (QED) is 0.736. The monoisotopic (exact) mass is 330 g/mol. The Morgan fingerprint density at radius 3 is 2.86 bits per heavy atom. The molecule has 2 aromatic rings. The van der Waals surface area contributed by atoms with Gasteiger partial charge in [0.05, 0.1) is 4.90 Å². The summed E-state index contributed by atoms with van der Waals surface area (Å²) in [4.78, 5) is 3.42. The summed E-state index contributed by atoms with van der Waals surface area (Å²) in [5.74, 6) is -0.368. The highest BCUT2D eigenvalue weighted by atomic mass is 32.2. The van der Waals surface area contributed by atoms with Gasteiger partial charge in [0, 0.05) is 18.5 Å². The van der Waals surface area contributed by atoms with Gasteiger partial charge < -0.3 is 10.3 Å². The molecule has 0 aliphatic carbocycles. The van der Waals surface area contributed by atoms with Crippen LogP contribution in [0.1, 0.15) is 11.5 Å². The fraction of sp³-hybridized carbons (Fsp3) is 0.182. The molecule has 0 aliphatic rings. The first-order valence-electron chi connectivity index (χ1n) is 5.75. The number of nitrogens with two attached hydrogens (primary N) is 1. The Hall–Kier alpha value is -1.91. The molecule has 0 unspecified atom stereocenters. The lowest BCUT2D eigenvalue weighted by Gasteiger charge is -2.08. The van der Waals surface area contributed by atoms with Crippen LogP contribution in [0.2, 0.25) is 0 Å². The zero-order valence-corrected chi connectivity index (χ0v) is 12.2. The number of hydrogen-bond donors (Lipinski definition) is 2. The van der Waals surface area contributed by atoms with Crippen molar-refractivity contribution >= 4 is 27.2 Å². The van der Waals surface area contributed by atoms with Crippen LogP contribution in [0.5, 0.6) is 0 Å². The van der Waals surface area contributed by atoms with Crippen molar-refractivity contribution in [1.29, 1.82) is 0 Å². The van der Waals surface area contributed by atoms with Gasteiger partial charge in [-0.25, -0.2) is 17.5 Å². The number of aromatic nitrogens is 2. The topological polar surface area (TPSA) is 111 Å². The first-order chi connectivity index (χ1) is 9.90. The van der Waals surface area contributed by atoms with E-state index in [4.69, 9.17) is 10.3 Å². The minimum Gasteiger partial charge on any atom is -0.389 e. The average molecular weight is 330 g/mol. The molecule has 21 heavy (non-hydrogen) atoms. The molecule has 0 saturated carbocycles. The van der Waals surface area contributed by atoms with Crippen LogP contribution in [-0.4, -0.2) is 30.1 Å². The maximum Gasteiger partial charge on any atom is 0.240 e. The van der Waals surface area contributed by atoms with Crippen LogP contribution < -0.4 is 10.5 Å². The predicted octanol–water partition coefficient (Wildman–Crippen LogP) is 0.364. The van der Waals surface area contributed by atoms with Crippen molar-refractivity contribution in [2.45, 2.75) is 11.3 Å². The van der Waals surface area contributed by atoms with Crippen LogP contribution in [0.25, 0.3) is 0 Å². The second-order valence-corrected chi connectivity index (χ2v) is 6.20. The highest BCUT2D eigenvalue weighted by Crippen LogP contribution is 2.15. The Morgan fingerprint density at radius 1 is 1.48 bits per heavy atom. The molecule has 0 bridgehead atoms. The Morgan fingerprint density at radius 2 is 2.24 bits per heavy atom. The first-order valence-corrected chi connectivity index (χ1v) is 7.64. The van der Waals surface area contributed by atoms with Gasteiger partial charge in [-0.1, -0.05) is 17.4 Å². The van der Waals surface area contributed by atoms with Gasteiger partial charge in [-0.3, -0.25) is 0 Å². The smallest absolute Gasteiger partial charge is 0.240 e. The van der Waals surface area contributed by atoms with E-state index in [0.29, 0.717) is 5.89 Å². The van der Waals surface area contributed by atoms with Crippen molar-refractivity contribution < 1.29 is 17.3 Å². The molecule has 1 aromatic carbocycles. The molecule has 2 rings (SSSR count). The predicted molar refractivity (Wildman–Crippen MR) is 75.5 cm³/mol. The lowest BCUT2D eigenvalue weighted by Crippen LogP contribution is -2.26. The molecule has 0 spiro atoms. The Bertz CT molecular complexity index is 747. The normalized spacial score (nSPS) is 11.5. The van der Waals surface area contributed by atoms with Gasteiger partial charge in [0.2, 0.25) is 15.9 Å². The van der Waals surface area contributed by atoms with Crippen molar-refractivity contribution in [3.05, 3.63) is 41.8 Å². The van der Waals surface area contributed by atoms with Gasteiger partial charge in [0.25, 0.3) is 0 Å². The standard InChI is InChI=1S/C11H11FN4O3S2/c12-9-2-1-7(5-8(9)11(13)20)21(17,18)16-4-3-10-14-6-15-19-10/h1-2,5-6,16H,3-4H2,(H2,13,20). The molecular weight excluding hydrogens is 319 g/mol. The number of sulfonamides is 1. The van der Waals surface area contributed by atoms with E-state index in [1.54, 1.807) is 0 Å². The third-order valence-corrected chi connectivity index (χ3v) is 4.23. The van der Waals surface area contributed by atoms with Crippen molar-refractivity contribution in [1.82, 2.24) is 14.9 Å². The van der Waals surface area contributed by atoms with Crippen molar-refractivity contribution in [2.75, 3.05) is 6.54 Å². The van der Waals surface area contributed by atoms with Gasteiger partial charge in [0.15, 0.2) is 6.33 Å². The summed E-state index contributed by atoms with van der Waals surface area (Å²) in [6.45, 7) is 0.0598. The van der Waals surface area contributed by atoms with Crippen LogP contribution in [0.15, 0.2) is 33.9 Å². The Labute approximate surface area is 125 Å². The molecule has 10 heteroatoms. The molecule has 0 atom stereocenters. The number of rotatable bonds is 6. The van der Waals surface area contributed by atoms with E-state index >= 15 is 0 Å². The fourth-order valence-electron chi connectivity index (χ4n) is 1.54. The van der Waals surface area contributed by atoms with Gasteiger partial charge in [0.1, 0.15) is 10.8 Å². The van der Waals surface area contributed by atoms with Gasteiger partial charge in [-0.2, -0.15) is 4.98 Å². The molecule has 0 saturated heterocycles. The van der Waals surface area contributed by atoms with Gasteiger partial charge in [-0.15, -0.1) is 0 Å². The number of benzene rings is 1. The van der Waals surface area contributed by atoms with E-state index in [1.165, 1.54) is 6.33 Å². The van der Waals surface area contributed by atoms with Crippen LogP contribution in [-0.2, 0) is 16.4 Å². The average Bonchev–Trinajstić information content (AvgIpc) is 2.91. The number of nitrogens with zero attached hydrogens (tertiary/aromatic N) is 2. The lowest BCUT2D eigenvalue weighted by atomic mass is 10.2. The Balaban J connectivity index is 2.12. The summed E-state index contributed by atoms with van der Waals surface area (Å²) in [6.07, 6.45) is 1.46. The molecule has 1 aromatic heterocycles. The zero-order chi connectivity index (χ0) is 15.5. The zero-order valence-electron chi connectivity index (χ0n) is 10.6. The van der Waals surface area contributed by atoms with Crippen molar-refractivity contribution in [2.24, 2.45) is 5.73 Å². The third kappa shape index (κ3) is 3.80. The lowest BCUT2D eigenvalue weighted by molar-refractivity contribution is 0.377. The second-order valence-electron chi connectivity index (χ2n) is 3.99. The van der Waals surface area contributed by atoms with Crippen LogP contribution >= 0.6 is 12.2 Å². The number of halogens is 1. The summed E-state index contributed by atoms with van der Waals surface area (Å²) in [7, 11) is -3.81.